The molecule has 2 heterocycles. The average Bonchev–Trinajstić information content (AvgIpc) is 3.40. The molecule has 0 N–H and O–H groups in total. The van der Waals surface area contributed by atoms with Gasteiger partial charge in [-0.25, -0.2) is 0 Å². The second-order valence-electron chi connectivity index (χ2n) is 9.37. The number of likely N-dealkylation sites (tertiary alicyclic amines) is 1. The number of ether oxygens (including phenoxy) is 1. The summed E-state index contributed by atoms with van der Waals surface area (Å²) < 4.78 is 6.28. The number of carbonyl (C=O) groups excluding carboxylic acids is 4. The molecule has 1 spiro atoms. The third-order valence-corrected chi connectivity index (χ3v) is 7.91. The lowest BCUT2D eigenvalue weighted by Crippen LogP contribution is -2.52. The Hall–Kier alpha value is -2.83. The summed E-state index contributed by atoms with van der Waals surface area (Å²) in [7, 11) is 0. The number of Topliss-reactive ketones (excluding diaryl/α,β-unsaturated/α-hetero) is 2. The molecule has 2 aromatic rings. The summed E-state index contributed by atoms with van der Waals surface area (Å²) in [6, 6.07) is 13.2. The van der Waals surface area contributed by atoms with Crippen LogP contribution >= 0.6 is 11.6 Å². The van der Waals surface area contributed by atoms with Crippen LogP contribution in [0.3, 0.4) is 0 Å². The van der Waals surface area contributed by atoms with Crippen molar-refractivity contribution < 1.29 is 23.9 Å². The number of nitrogens with zero attached hydrogens (tertiary/aromatic N) is 1. The van der Waals surface area contributed by atoms with Gasteiger partial charge in [-0.2, -0.15) is 0 Å². The van der Waals surface area contributed by atoms with Crippen molar-refractivity contribution in [1.29, 1.82) is 0 Å². The molecular formula is C26H22ClNO5. The van der Waals surface area contributed by atoms with Crippen molar-refractivity contribution in [1.82, 2.24) is 4.90 Å². The molecule has 6 rings (SSSR count). The van der Waals surface area contributed by atoms with Crippen LogP contribution in [0.25, 0.3) is 0 Å². The number of hydrogen-bond donors (Lipinski definition) is 0. The van der Waals surface area contributed by atoms with Crippen LogP contribution in [-0.2, 0) is 14.3 Å². The fourth-order valence-electron chi connectivity index (χ4n) is 6.22. The van der Waals surface area contributed by atoms with Crippen LogP contribution in [0, 0.1) is 11.8 Å². The van der Waals surface area contributed by atoms with Gasteiger partial charge in [0.05, 0.1) is 17.9 Å². The molecule has 2 aliphatic heterocycles. The van der Waals surface area contributed by atoms with E-state index in [1.54, 1.807) is 48.5 Å². The Kier molecular flexibility index (Phi) is 4.61. The predicted molar refractivity (Wildman–Crippen MR) is 119 cm³/mol. The summed E-state index contributed by atoms with van der Waals surface area (Å²) in [6.45, 7) is 0. The monoisotopic (exact) mass is 463 g/mol. The number of imide groups is 1. The van der Waals surface area contributed by atoms with E-state index in [9.17, 15) is 19.2 Å². The van der Waals surface area contributed by atoms with E-state index in [-0.39, 0.29) is 23.1 Å². The predicted octanol–water partition coefficient (Wildman–Crippen LogP) is 4.16. The van der Waals surface area contributed by atoms with Crippen molar-refractivity contribution in [2.45, 2.75) is 49.9 Å². The molecule has 33 heavy (non-hydrogen) atoms. The zero-order valence-electron chi connectivity index (χ0n) is 17.8. The second kappa shape index (κ2) is 7.34. The Morgan fingerprint density at radius 3 is 2.15 bits per heavy atom. The van der Waals surface area contributed by atoms with Crippen molar-refractivity contribution in [3.8, 4) is 0 Å². The molecule has 6 nitrogen and oxygen atoms in total. The Labute approximate surface area is 195 Å². The molecule has 3 atom stereocenters. The maximum Gasteiger partial charge on any atom is 0.237 e. The fraction of sp³-hybridized carbons (Fsp3) is 0.385. The van der Waals surface area contributed by atoms with Crippen LogP contribution in [0.5, 0.6) is 0 Å². The molecular weight excluding hydrogens is 442 g/mol. The van der Waals surface area contributed by atoms with Gasteiger partial charge in [-0.15, -0.1) is 0 Å². The smallest absolute Gasteiger partial charge is 0.237 e. The minimum Gasteiger partial charge on any atom is -0.349 e. The van der Waals surface area contributed by atoms with Crippen LogP contribution in [0.1, 0.15) is 64.5 Å². The summed E-state index contributed by atoms with van der Waals surface area (Å²) >= 11 is 6.21. The van der Waals surface area contributed by atoms with E-state index in [1.165, 1.54) is 4.90 Å². The number of halogens is 1. The molecule has 2 saturated heterocycles. The van der Waals surface area contributed by atoms with Gasteiger partial charge in [-0.1, -0.05) is 67.3 Å². The Morgan fingerprint density at radius 2 is 1.52 bits per heavy atom. The van der Waals surface area contributed by atoms with Gasteiger partial charge in [-0.3, -0.25) is 24.1 Å². The Morgan fingerprint density at radius 1 is 0.848 bits per heavy atom. The summed E-state index contributed by atoms with van der Waals surface area (Å²) in [5.41, 5.74) is -0.955. The lowest BCUT2D eigenvalue weighted by molar-refractivity contribution is -0.148. The number of carbonyl (C=O) groups is 4. The van der Waals surface area contributed by atoms with Crippen LogP contribution < -0.4 is 0 Å². The van der Waals surface area contributed by atoms with Crippen molar-refractivity contribution in [2.75, 3.05) is 0 Å². The van der Waals surface area contributed by atoms with Crippen molar-refractivity contribution in [3.05, 3.63) is 70.2 Å². The van der Waals surface area contributed by atoms with Crippen molar-refractivity contribution in [3.63, 3.8) is 0 Å². The molecule has 168 valence electrons. The standard InChI is InChI=1S/C26H22ClNO5/c27-15-8-6-7-14(13-15)21-19-20(25(32)28(24(19)31)16-9-2-1-3-10-16)26(33-21)22(29)17-11-4-5-12-18(17)23(26)30/h4-8,11-13,16,19-21H,1-3,9-10H2/t19-,20+,21+/m1/s1. The third-order valence-electron chi connectivity index (χ3n) is 7.67. The Balaban J connectivity index is 1.51. The van der Waals surface area contributed by atoms with Crippen molar-refractivity contribution in [2.24, 2.45) is 11.8 Å². The highest BCUT2D eigenvalue weighted by atomic mass is 35.5. The topological polar surface area (TPSA) is 80.8 Å². The number of fused-ring (bicyclic) bond motifs is 3. The minimum atomic E-state index is -2.02. The number of benzene rings is 2. The fourth-order valence-corrected chi connectivity index (χ4v) is 6.42. The first kappa shape index (κ1) is 20.8. The first-order chi connectivity index (χ1) is 15.9. The molecule has 0 radical (unpaired) electrons. The lowest BCUT2D eigenvalue weighted by Gasteiger charge is -2.33. The quantitative estimate of drug-likeness (QED) is 0.493. The molecule has 2 amide bonds. The van der Waals surface area contributed by atoms with Gasteiger partial charge in [0.25, 0.3) is 0 Å². The third kappa shape index (κ3) is 2.71. The summed E-state index contributed by atoms with van der Waals surface area (Å²) in [4.78, 5) is 56.3. The molecule has 7 heteroatoms. The summed E-state index contributed by atoms with van der Waals surface area (Å²) in [6.07, 6.45) is 3.54. The minimum absolute atomic E-state index is 0.199. The largest absolute Gasteiger partial charge is 0.349 e. The maximum absolute atomic E-state index is 13.8. The lowest BCUT2D eigenvalue weighted by atomic mass is 9.77. The molecule has 1 saturated carbocycles. The first-order valence-corrected chi connectivity index (χ1v) is 11.8. The number of ketones is 2. The second-order valence-corrected chi connectivity index (χ2v) is 9.81. The van der Waals surface area contributed by atoms with Gasteiger partial charge < -0.3 is 4.74 Å². The highest BCUT2D eigenvalue weighted by Crippen LogP contribution is 2.58. The zero-order chi connectivity index (χ0) is 22.9. The summed E-state index contributed by atoms with van der Waals surface area (Å²) in [5.74, 6) is -4.00. The van der Waals surface area contributed by atoms with Gasteiger partial charge in [0.15, 0.2) is 0 Å². The van der Waals surface area contributed by atoms with Gasteiger partial charge in [0, 0.05) is 22.2 Å². The SMILES string of the molecule is O=C1[C@@H]2[C@@H](C(=O)N1C1CCCCC1)C1(O[C@H]2c2cccc(Cl)c2)C(=O)c2ccccc2C1=O. The van der Waals surface area contributed by atoms with E-state index < -0.39 is 41.0 Å². The van der Waals surface area contributed by atoms with E-state index in [1.807, 2.05) is 0 Å². The van der Waals surface area contributed by atoms with E-state index in [4.69, 9.17) is 16.3 Å². The molecule has 4 aliphatic rings. The van der Waals surface area contributed by atoms with Crippen molar-refractivity contribution >= 4 is 35.0 Å². The molecule has 3 fully saturated rings. The van der Waals surface area contributed by atoms with Crippen LogP contribution in [-0.4, -0.2) is 39.9 Å². The molecule has 0 bridgehead atoms. The average molecular weight is 464 g/mol. The molecule has 2 aliphatic carbocycles. The zero-order valence-corrected chi connectivity index (χ0v) is 18.6. The highest BCUT2D eigenvalue weighted by Gasteiger charge is 2.75. The normalized spacial score (nSPS) is 28.6. The maximum atomic E-state index is 13.8. The van der Waals surface area contributed by atoms with Crippen LogP contribution in [0.2, 0.25) is 5.02 Å². The van der Waals surface area contributed by atoms with E-state index in [2.05, 4.69) is 0 Å². The summed E-state index contributed by atoms with van der Waals surface area (Å²) in [5, 5.41) is 0.446. The van der Waals surface area contributed by atoms with E-state index >= 15 is 0 Å². The van der Waals surface area contributed by atoms with Crippen LogP contribution in [0.4, 0.5) is 0 Å². The van der Waals surface area contributed by atoms with Crippen LogP contribution in [0.15, 0.2) is 48.5 Å². The van der Waals surface area contributed by atoms with Gasteiger partial charge in [0.2, 0.25) is 29.0 Å². The van der Waals surface area contributed by atoms with E-state index in [0.717, 1.165) is 32.1 Å². The highest BCUT2D eigenvalue weighted by molar-refractivity contribution is 6.35. The molecule has 0 unspecified atom stereocenters. The van der Waals surface area contributed by atoms with Gasteiger partial charge in [0.1, 0.15) is 0 Å². The number of hydrogen-bond acceptors (Lipinski definition) is 5. The van der Waals surface area contributed by atoms with E-state index in [0.29, 0.717) is 10.6 Å². The molecule has 0 aromatic heterocycles. The van der Waals surface area contributed by atoms with Gasteiger partial charge >= 0.3 is 0 Å². The number of rotatable bonds is 2. The molecule has 2 aromatic carbocycles. The van der Waals surface area contributed by atoms with Gasteiger partial charge in [-0.05, 0) is 30.5 Å². The number of amides is 2. The first-order valence-electron chi connectivity index (χ1n) is 11.4. The Bertz CT molecular complexity index is 1180.